The molecule has 3 rings (SSSR count). The van der Waals surface area contributed by atoms with Gasteiger partial charge in [-0.2, -0.15) is 0 Å². The van der Waals surface area contributed by atoms with Gasteiger partial charge in [0.2, 0.25) is 10.0 Å². The number of nitrogens with two attached hydrogens (primary N) is 1. The molecule has 1 aromatic rings. The summed E-state index contributed by atoms with van der Waals surface area (Å²) < 4.78 is 40.8. The van der Waals surface area contributed by atoms with E-state index in [-0.39, 0.29) is 16.1 Å². The molecule has 0 saturated heterocycles. The van der Waals surface area contributed by atoms with E-state index in [0.29, 0.717) is 12.5 Å². The summed E-state index contributed by atoms with van der Waals surface area (Å²) in [5, 5.41) is -0.284. The van der Waals surface area contributed by atoms with Crippen molar-refractivity contribution in [2.45, 2.75) is 30.6 Å². The van der Waals surface area contributed by atoms with Gasteiger partial charge in [0, 0.05) is 12.2 Å². The largest absolute Gasteiger partial charge is 0.399 e. The molecule has 0 aliphatic heterocycles. The Morgan fingerprint density at radius 2 is 2.05 bits per heavy atom. The molecular formula is C13H16ClFN2O2S. The summed E-state index contributed by atoms with van der Waals surface area (Å²) in [6, 6.07) is 2.29. The molecule has 0 radical (unpaired) electrons. The van der Waals surface area contributed by atoms with Crippen LogP contribution in [-0.2, 0) is 10.0 Å². The van der Waals surface area contributed by atoms with E-state index in [1.54, 1.807) is 0 Å². The number of nitrogens with one attached hydrogen (secondary N) is 1. The number of sulfonamides is 1. The van der Waals surface area contributed by atoms with Gasteiger partial charge in [-0.05, 0) is 49.1 Å². The van der Waals surface area contributed by atoms with E-state index in [1.807, 2.05) is 0 Å². The summed E-state index contributed by atoms with van der Waals surface area (Å²) in [5.41, 5.74) is 5.76. The lowest BCUT2D eigenvalue weighted by molar-refractivity contribution is 0.431. The fourth-order valence-electron chi connectivity index (χ4n) is 2.68. The zero-order chi connectivity index (χ0) is 14.5. The Bertz CT molecular complexity index is 655. The third-order valence-electron chi connectivity index (χ3n) is 4.26. The molecule has 2 fully saturated rings. The van der Waals surface area contributed by atoms with Crippen LogP contribution in [0.3, 0.4) is 0 Å². The molecule has 0 atom stereocenters. The number of benzene rings is 1. The Hall–Kier alpha value is -0.850. The molecule has 4 nitrogen and oxygen atoms in total. The summed E-state index contributed by atoms with van der Waals surface area (Å²) in [6.07, 6.45) is 4.42. The first-order chi connectivity index (χ1) is 9.34. The second-order valence-electron chi connectivity index (χ2n) is 5.78. The molecular weight excluding hydrogens is 303 g/mol. The second-order valence-corrected chi connectivity index (χ2v) is 7.92. The van der Waals surface area contributed by atoms with Crippen LogP contribution >= 0.6 is 11.6 Å². The Labute approximate surface area is 122 Å². The van der Waals surface area contributed by atoms with E-state index < -0.39 is 20.7 Å². The smallest absolute Gasteiger partial charge is 0.243 e. The van der Waals surface area contributed by atoms with Gasteiger partial charge < -0.3 is 5.73 Å². The van der Waals surface area contributed by atoms with Crippen LogP contribution in [0.1, 0.15) is 25.7 Å². The predicted molar refractivity (Wildman–Crippen MR) is 75.4 cm³/mol. The number of nitrogen functional groups attached to an aromatic ring is 1. The molecule has 0 heterocycles. The monoisotopic (exact) mass is 318 g/mol. The molecule has 1 aromatic carbocycles. The summed E-state index contributed by atoms with van der Waals surface area (Å²) in [6.45, 7) is 0.367. The van der Waals surface area contributed by atoms with Crippen molar-refractivity contribution in [2.24, 2.45) is 11.3 Å². The SMILES string of the molecule is Nc1cc(Cl)c(F)c(S(=O)(=O)NCC2(C3CC3)CC2)c1. The molecule has 0 bridgehead atoms. The third-order valence-corrected chi connectivity index (χ3v) is 5.93. The molecule has 2 aliphatic carbocycles. The maximum absolute atomic E-state index is 13.9. The number of hydrogen-bond acceptors (Lipinski definition) is 3. The number of hydrogen-bond donors (Lipinski definition) is 2. The molecule has 2 aliphatic rings. The van der Waals surface area contributed by atoms with Crippen LogP contribution in [0, 0.1) is 17.2 Å². The van der Waals surface area contributed by atoms with Crippen molar-refractivity contribution in [3.05, 3.63) is 23.0 Å². The van der Waals surface area contributed by atoms with Crippen LogP contribution in [-0.4, -0.2) is 15.0 Å². The van der Waals surface area contributed by atoms with Gasteiger partial charge in [-0.25, -0.2) is 17.5 Å². The highest BCUT2D eigenvalue weighted by atomic mass is 35.5. The Balaban J connectivity index is 1.81. The third kappa shape index (κ3) is 2.52. The lowest BCUT2D eigenvalue weighted by atomic mass is 10.0. The lowest BCUT2D eigenvalue weighted by Crippen LogP contribution is -2.32. The van der Waals surface area contributed by atoms with Crippen LogP contribution in [0.15, 0.2) is 17.0 Å². The second kappa shape index (κ2) is 4.58. The topological polar surface area (TPSA) is 72.2 Å². The van der Waals surface area contributed by atoms with Crippen molar-refractivity contribution in [3.8, 4) is 0 Å². The molecule has 0 spiro atoms. The Morgan fingerprint density at radius 1 is 1.40 bits per heavy atom. The van der Waals surface area contributed by atoms with Crippen molar-refractivity contribution in [3.63, 3.8) is 0 Å². The van der Waals surface area contributed by atoms with Crippen LogP contribution in [0.4, 0.5) is 10.1 Å². The normalized spacial score (nSPS) is 20.9. The van der Waals surface area contributed by atoms with Crippen LogP contribution in [0.5, 0.6) is 0 Å². The highest BCUT2D eigenvalue weighted by molar-refractivity contribution is 7.89. The van der Waals surface area contributed by atoms with E-state index in [1.165, 1.54) is 18.9 Å². The van der Waals surface area contributed by atoms with Crippen LogP contribution in [0.25, 0.3) is 0 Å². The van der Waals surface area contributed by atoms with E-state index in [2.05, 4.69) is 4.72 Å². The summed E-state index contributed by atoms with van der Waals surface area (Å²) in [4.78, 5) is -0.478. The highest BCUT2D eigenvalue weighted by Gasteiger charge is 2.53. The minimum absolute atomic E-state index is 0.105. The van der Waals surface area contributed by atoms with Gasteiger partial charge in [-0.15, -0.1) is 0 Å². The van der Waals surface area contributed by atoms with Gasteiger partial charge >= 0.3 is 0 Å². The van der Waals surface area contributed by atoms with E-state index in [9.17, 15) is 12.8 Å². The number of halogens is 2. The maximum Gasteiger partial charge on any atom is 0.243 e. The number of rotatable bonds is 5. The first-order valence-corrected chi connectivity index (χ1v) is 8.44. The molecule has 3 N–H and O–H groups in total. The first-order valence-electron chi connectivity index (χ1n) is 6.58. The van der Waals surface area contributed by atoms with Crippen molar-refractivity contribution >= 4 is 27.3 Å². The van der Waals surface area contributed by atoms with Gasteiger partial charge in [-0.3, -0.25) is 0 Å². The molecule has 0 amide bonds. The van der Waals surface area contributed by atoms with Gasteiger partial charge in [0.15, 0.2) is 5.82 Å². The summed E-state index contributed by atoms with van der Waals surface area (Å²) in [5.74, 6) is -0.330. The van der Waals surface area contributed by atoms with E-state index in [4.69, 9.17) is 17.3 Å². The average molecular weight is 319 g/mol. The standard InChI is InChI=1S/C13H16ClFN2O2S/c14-10-5-9(16)6-11(12(10)15)20(18,19)17-7-13(3-4-13)8-1-2-8/h5-6,8,17H,1-4,7,16H2. The molecule has 110 valence electrons. The minimum atomic E-state index is -3.92. The number of anilines is 1. The molecule has 7 heteroatoms. The Morgan fingerprint density at radius 3 is 2.60 bits per heavy atom. The van der Waals surface area contributed by atoms with Gasteiger partial charge in [0.05, 0.1) is 5.02 Å². The molecule has 0 aromatic heterocycles. The molecule has 20 heavy (non-hydrogen) atoms. The molecule has 0 unspecified atom stereocenters. The lowest BCUT2D eigenvalue weighted by Gasteiger charge is -2.16. The minimum Gasteiger partial charge on any atom is -0.399 e. The highest BCUT2D eigenvalue weighted by Crippen LogP contribution is 2.60. The zero-order valence-electron chi connectivity index (χ0n) is 10.8. The quantitative estimate of drug-likeness (QED) is 0.819. The average Bonchev–Trinajstić information content (AvgIpc) is 3.24. The predicted octanol–water partition coefficient (Wildman–Crippen LogP) is 2.53. The van der Waals surface area contributed by atoms with Crippen LogP contribution < -0.4 is 10.5 Å². The first kappa shape index (κ1) is 14.1. The van der Waals surface area contributed by atoms with Crippen molar-refractivity contribution in [1.29, 1.82) is 0 Å². The fourth-order valence-corrected chi connectivity index (χ4v) is 4.24. The zero-order valence-corrected chi connectivity index (χ0v) is 12.4. The Kier molecular flexibility index (Phi) is 3.23. The van der Waals surface area contributed by atoms with Gasteiger partial charge in [0.25, 0.3) is 0 Å². The van der Waals surface area contributed by atoms with Crippen LogP contribution in [0.2, 0.25) is 5.02 Å². The van der Waals surface area contributed by atoms with Crippen molar-refractivity contribution in [2.75, 3.05) is 12.3 Å². The van der Waals surface area contributed by atoms with Crippen molar-refractivity contribution in [1.82, 2.24) is 4.72 Å². The maximum atomic E-state index is 13.9. The van der Waals surface area contributed by atoms with E-state index >= 15 is 0 Å². The van der Waals surface area contributed by atoms with E-state index in [0.717, 1.165) is 18.9 Å². The fraction of sp³-hybridized carbons (Fsp3) is 0.538. The summed E-state index contributed by atoms with van der Waals surface area (Å²) in [7, 11) is -3.92. The summed E-state index contributed by atoms with van der Waals surface area (Å²) >= 11 is 5.64. The van der Waals surface area contributed by atoms with Gasteiger partial charge in [0.1, 0.15) is 4.90 Å². The van der Waals surface area contributed by atoms with Crippen molar-refractivity contribution < 1.29 is 12.8 Å². The van der Waals surface area contributed by atoms with Gasteiger partial charge in [-0.1, -0.05) is 11.6 Å². The molecule has 2 saturated carbocycles.